The molecule has 0 aliphatic carbocycles. The molecule has 0 aliphatic heterocycles. The molecule has 0 spiro atoms. The lowest BCUT2D eigenvalue weighted by atomic mass is 9.98. The topological polar surface area (TPSA) is 99.2 Å². The molecule has 2 aromatic rings. The number of rotatable bonds is 6. The molecule has 0 bridgehead atoms. The minimum Gasteiger partial charge on any atom is -0.398 e. The van der Waals surface area contributed by atoms with Crippen molar-refractivity contribution in [2.24, 2.45) is 0 Å². The lowest BCUT2D eigenvalue weighted by Crippen LogP contribution is -2.37. The van der Waals surface area contributed by atoms with Crippen LogP contribution in [0.1, 0.15) is 34.8 Å². The summed E-state index contributed by atoms with van der Waals surface area (Å²) in [4.78, 5) is 12.3. The monoisotopic (exact) mass is 329 g/mol. The standard InChI is InChI=1S/C18H20FN3O2/c1-2-14(10-23)22-18(24)12-6-7-16(20)15(9-12)17(21)11-4-3-5-13(19)8-11/h3-9,14,21,23H,2,10,20H2,1H3,(H,22,24). The maximum absolute atomic E-state index is 13.4. The molecule has 1 atom stereocenters. The van der Waals surface area contributed by atoms with E-state index in [1.54, 1.807) is 12.1 Å². The van der Waals surface area contributed by atoms with Gasteiger partial charge in [0.25, 0.3) is 5.91 Å². The van der Waals surface area contributed by atoms with E-state index < -0.39 is 5.82 Å². The van der Waals surface area contributed by atoms with Crippen molar-refractivity contribution >= 4 is 17.3 Å². The first-order chi connectivity index (χ1) is 11.5. The Morgan fingerprint density at radius 2 is 2.04 bits per heavy atom. The second-order valence-corrected chi connectivity index (χ2v) is 5.45. The highest BCUT2D eigenvalue weighted by Crippen LogP contribution is 2.19. The first-order valence-corrected chi connectivity index (χ1v) is 7.62. The van der Waals surface area contributed by atoms with Gasteiger partial charge in [-0.05, 0) is 36.8 Å². The highest BCUT2D eigenvalue weighted by Gasteiger charge is 2.15. The fourth-order valence-electron chi connectivity index (χ4n) is 2.26. The van der Waals surface area contributed by atoms with Gasteiger partial charge in [-0.15, -0.1) is 0 Å². The van der Waals surface area contributed by atoms with Crippen molar-refractivity contribution in [2.75, 3.05) is 12.3 Å². The number of amides is 1. The number of aliphatic hydroxyl groups excluding tert-OH is 1. The Balaban J connectivity index is 2.31. The summed E-state index contributed by atoms with van der Waals surface area (Å²) in [6.07, 6.45) is 0.600. The third-order valence-corrected chi connectivity index (χ3v) is 3.75. The van der Waals surface area contributed by atoms with Gasteiger partial charge in [-0.3, -0.25) is 10.2 Å². The molecule has 1 amide bonds. The summed E-state index contributed by atoms with van der Waals surface area (Å²) in [5.74, 6) is -0.803. The Kier molecular flexibility index (Phi) is 5.65. The Morgan fingerprint density at radius 1 is 1.29 bits per heavy atom. The number of aliphatic hydroxyl groups is 1. The van der Waals surface area contributed by atoms with E-state index in [-0.39, 0.29) is 24.3 Å². The van der Waals surface area contributed by atoms with Gasteiger partial charge in [0.2, 0.25) is 0 Å². The summed E-state index contributed by atoms with van der Waals surface area (Å²) in [5, 5.41) is 20.1. The molecule has 126 valence electrons. The SMILES string of the molecule is CCC(CO)NC(=O)c1ccc(N)c(C(=N)c2cccc(F)c2)c1. The summed E-state index contributed by atoms with van der Waals surface area (Å²) < 4.78 is 13.4. The van der Waals surface area contributed by atoms with Gasteiger partial charge in [0.15, 0.2) is 0 Å². The summed E-state index contributed by atoms with van der Waals surface area (Å²) in [7, 11) is 0. The number of hydrogen-bond acceptors (Lipinski definition) is 4. The van der Waals surface area contributed by atoms with Gasteiger partial charge < -0.3 is 16.2 Å². The zero-order chi connectivity index (χ0) is 17.7. The van der Waals surface area contributed by atoms with Crippen molar-refractivity contribution < 1.29 is 14.3 Å². The highest BCUT2D eigenvalue weighted by molar-refractivity contribution is 6.14. The number of nitrogen functional groups attached to an aromatic ring is 1. The molecule has 0 fully saturated rings. The van der Waals surface area contributed by atoms with Crippen LogP contribution in [0.15, 0.2) is 42.5 Å². The maximum Gasteiger partial charge on any atom is 0.251 e. The molecule has 0 saturated carbocycles. The van der Waals surface area contributed by atoms with E-state index in [4.69, 9.17) is 11.1 Å². The molecule has 0 saturated heterocycles. The summed E-state index contributed by atoms with van der Waals surface area (Å²) in [6, 6.07) is 9.92. The number of benzene rings is 2. The normalized spacial score (nSPS) is 11.8. The average molecular weight is 329 g/mol. The number of nitrogens with one attached hydrogen (secondary N) is 2. The largest absolute Gasteiger partial charge is 0.398 e. The minimum absolute atomic E-state index is 0.0378. The molecular formula is C18H20FN3O2. The van der Waals surface area contributed by atoms with Crippen LogP contribution in [0, 0.1) is 11.2 Å². The number of halogens is 1. The predicted octanol–water partition coefficient (Wildman–Crippen LogP) is 2.32. The van der Waals surface area contributed by atoms with E-state index in [2.05, 4.69) is 5.32 Å². The highest BCUT2D eigenvalue weighted by atomic mass is 19.1. The molecule has 5 nitrogen and oxygen atoms in total. The number of carbonyl (C=O) groups is 1. The summed E-state index contributed by atoms with van der Waals surface area (Å²) in [5.41, 5.74) is 7.33. The van der Waals surface area contributed by atoms with Crippen molar-refractivity contribution in [3.05, 3.63) is 65.0 Å². The molecule has 5 N–H and O–H groups in total. The smallest absolute Gasteiger partial charge is 0.251 e. The number of nitrogens with two attached hydrogens (primary N) is 1. The van der Waals surface area contributed by atoms with Gasteiger partial charge in [-0.25, -0.2) is 4.39 Å². The summed E-state index contributed by atoms with van der Waals surface area (Å²) in [6.45, 7) is 1.71. The van der Waals surface area contributed by atoms with Gasteiger partial charge >= 0.3 is 0 Å². The maximum atomic E-state index is 13.4. The van der Waals surface area contributed by atoms with Crippen molar-refractivity contribution in [3.63, 3.8) is 0 Å². The fraction of sp³-hybridized carbons (Fsp3) is 0.222. The molecule has 24 heavy (non-hydrogen) atoms. The fourth-order valence-corrected chi connectivity index (χ4v) is 2.26. The van der Waals surface area contributed by atoms with Crippen molar-refractivity contribution in [3.8, 4) is 0 Å². The first-order valence-electron chi connectivity index (χ1n) is 7.62. The quantitative estimate of drug-likeness (QED) is 0.483. The third-order valence-electron chi connectivity index (χ3n) is 3.75. The molecule has 0 heterocycles. The Labute approximate surface area is 139 Å². The van der Waals surface area contributed by atoms with Crippen molar-refractivity contribution in [1.82, 2.24) is 5.32 Å². The lowest BCUT2D eigenvalue weighted by molar-refractivity contribution is 0.0915. The molecule has 2 aromatic carbocycles. The number of hydrogen-bond donors (Lipinski definition) is 4. The second kappa shape index (κ2) is 7.70. The van der Waals surface area contributed by atoms with Crippen LogP contribution in [0.2, 0.25) is 0 Å². The van der Waals surface area contributed by atoms with Crippen molar-refractivity contribution in [2.45, 2.75) is 19.4 Å². The van der Waals surface area contributed by atoms with Gasteiger partial charge in [0, 0.05) is 22.4 Å². The molecule has 2 rings (SSSR count). The molecule has 0 radical (unpaired) electrons. The van der Waals surface area contributed by atoms with Crippen LogP contribution >= 0.6 is 0 Å². The van der Waals surface area contributed by atoms with E-state index in [1.807, 2.05) is 6.92 Å². The van der Waals surface area contributed by atoms with Crippen LogP contribution in [0.5, 0.6) is 0 Å². The first kappa shape index (κ1) is 17.6. The lowest BCUT2D eigenvalue weighted by Gasteiger charge is -2.15. The Morgan fingerprint density at radius 3 is 2.67 bits per heavy atom. The molecular weight excluding hydrogens is 309 g/mol. The predicted molar refractivity (Wildman–Crippen MR) is 91.8 cm³/mol. The van der Waals surface area contributed by atoms with Crippen LogP contribution in [0.3, 0.4) is 0 Å². The van der Waals surface area contributed by atoms with E-state index in [0.29, 0.717) is 28.8 Å². The van der Waals surface area contributed by atoms with Crippen LogP contribution < -0.4 is 11.1 Å². The third kappa shape index (κ3) is 3.97. The van der Waals surface area contributed by atoms with Gasteiger partial charge in [-0.1, -0.05) is 19.1 Å². The number of anilines is 1. The Hall–Kier alpha value is -2.73. The van der Waals surface area contributed by atoms with Crippen LogP contribution in [-0.2, 0) is 0 Å². The molecule has 1 unspecified atom stereocenters. The van der Waals surface area contributed by atoms with E-state index in [0.717, 1.165) is 0 Å². The Bertz CT molecular complexity index is 758. The van der Waals surface area contributed by atoms with Crippen LogP contribution in [-0.4, -0.2) is 29.4 Å². The van der Waals surface area contributed by atoms with E-state index >= 15 is 0 Å². The average Bonchev–Trinajstić information content (AvgIpc) is 2.59. The van der Waals surface area contributed by atoms with E-state index in [1.165, 1.54) is 30.3 Å². The van der Waals surface area contributed by atoms with Crippen LogP contribution in [0.25, 0.3) is 0 Å². The summed E-state index contributed by atoms with van der Waals surface area (Å²) >= 11 is 0. The van der Waals surface area contributed by atoms with Crippen molar-refractivity contribution in [1.29, 1.82) is 5.41 Å². The zero-order valence-corrected chi connectivity index (χ0v) is 13.3. The molecule has 6 heteroatoms. The van der Waals surface area contributed by atoms with Gasteiger partial charge in [0.1, 0.15) is 5.82 Å². The van der Waals surface area contributed by atoms with Gasteiger partial charge in [-0.2, -0.15) is 0 Å². The second-order valence-electron chi connectivity index (χ2n) is 5.45. The molecule has 0 aromatic heterocycles. The minimum atomic E-state index is -0.446. The zero-order valence-electron chi connectivity index (χ0n) is 13.3. The number of carbonyl (C=O) groups excluding carboxylic acids is 1. The van der Waals surface area contributed by atoms with Crippen LogP contribution in [0.4, 0.5) is 10.1 Å². The van der Waals surface area contributed by atoms with E-state index in [9.17, 15) is 14.3 Å². The van der Waals surface area contributed by atoms with Gasteiger partial charge in [0.05, 0.1) is 18.4 Å². The molecule has 0 aliphatic rings.